The van der Waals surface area contributed by atoms with Crippen molar-refractivity contribution >= 4 is 33.2 Å². The molecule has 0 bridgehead atoms. The molecule has 1 aliphatic heterocycles. The van der Waals surface area contributed by atoms with Crippen molar-refractivity contribution in [2.24, 2.45) is 0 Å². The smallest absolute Gasteiger partial charge is 0.240 e. The van der Waals surface area contributed by atoms with Crippen molar-refractivity contribution in [2.45, 2.75) is 18.2 Å². The summed E-state index contributed by atoms with van der Waals surface area (Å²) in [5.41, 5.74) is 2.04. The number of carbonyl (C=O) groups is 1. The maximum Gasteiger partial charge on any atom is 0.240 e. The third kappa shape index (κ3) is 5.25. The van der Waals surface area contributed by atoms with Crippen molar-refractivity contribution in [3.63, 3.8) is 0 Å². The van der Waals surface area contributed by atoms with E-state index in [2.05, 4.69) is 9.62 Å². The van der Waals surface area contributed by atoms with Crippen LogP contribution in [0, 0.1) is 6.92 Å². The Morgan fingerprint density at radius 2 is 1.75 bits per heavy atom. The normalized spacial score (nSPS) is 14.9. The number of hydrogen-bond acceptors (Lipinski definition) is 4. The zero-order chi connectivity index (χ0) is 20.1. The lowest BCUT2D eigenvalue weighted by molar-refractivity contribution is -0.131. The first-order valence-corrected chi connectivity index (χ1v) is 11.1. The first kappa shape index (κ1) is 20.6. The molecule has 0 spiro atoms. The van der Waals surface area contributed by atoms with Gasteiger partial charge in [-0.3, -0.25) is 4.79 Å². The Hall–Kier alpha value is -2.09. The summed E-state index contributed by atoms with van der Waals surface area (Å²) in [5, 5.41) is 0.692. The van der Waals surface area contributed by atoms with Crippen molar-refractivity contribution in [3.8, 4) is 0 Å². The second-order valence-corrected chi connectivity index (χ2v) is 9.01. The van der Waals surface area contributed by atoms with Crippen LogP contribution < -0.4 is 9.62 Å². The highest BCUT2D eigenvalue weighted by Crippen LogP contribution is 2.21. The fourth-order valence-electron chi connectivity index (χ4n) is 3.14. The van der Waals surface area contributed by atoms with E-state index in [1.54, 1.807) is 29.2 Å². The Balaban J connectivity index is 1.46. The van der Waals surface area contributed by atoms with Crippen LogP contribution >= 0.6 is 11.6 Å². The molecule has 6 nitrogen and oxygen atoms in total. The number of halogens is 1. The van der Waals surface area contributed by atoms with Crippen molar-refractivity contribution in [2.75, 3.05) is 37.6 Å². The third-order valence-corrected chi connectivity index (χ3v) is 6.48. The van der Waals surface area contributed by atoms with Crippen LogP contribution in [0.25, 0.3) is 0 Å². The molecule has 0 unspecified atom stereocenters. The van der Waals surface area contributed by atoms with Gasteiger partial charge >= 0.3 is 0 Å². The summed E-state index contributed by atoms with van der Waals surface area (Å²) < 4.78 is 27.1. The predicted molar refractivity (Wildman–Crippen MR) is 111 cm³/mol. The Labute approximate surface area is 171 Å². The van der Waals surface area contributed by atoms with Crippen LogP contribution in [-0.2, 0) is 14.8 Å². The number of hydrogen-bond donors (Lipinski definition) is 1. The van der Waals surface area contributed by atoms with Crippen molar-refractivity contribution in [3.05, 3.63) is 59.1 Å². The third-order valence-electron chi connectivity index (χ3n) is 4.77. The number of amides is 1. The lowest BCUT2D eigenvalue weighted by atomic mass is 10.2. The van der Waals surface area contributed by atoms with Gasteiger partial charge in [-0.25, -0.2) is 13.1 Å². The average molecular weight is 422 g/mol. The van der Waals surface area contributed by atoms with E-state index in [0.717, 1.165) is 24.3 Å². The van der Waals surface area contributed by atoms with Gasteiger partial charge in [0, 0.05) is 49.9 Å². The van der Waals surface area contributed by atoms with Crippen LogP contribution in [0.3, 0.4) is 0 Å². The largest absolute Gasteiger partial charge is 0.368 e. The number of nitrogens with zero attached hydrogens (tertiary/aromatic N) is 2. The van der Waals surface area contributed by atoms with Crippen LogP contribution in [0.15, 0.2) is 53.4 Å². The van der Waals surface area contributed by atoms with Crippen LogP contribution in [0.5, 0.6) is 0 Å². The van der Waals surface area contributed by atoms with E-state index in [9.17, 15) is 13.2 Å². The molecule has 1 N–H and O–H groups in total. The Morgan fingerprint density at radius 1 is 1.07 bits per heavy atom. The van der Waals surface area contributed by atoms with Crippen LogP contribution in [0.1, 0.15) is 12.0 Å². The Bertz CT molecular complexity index is 924. The zero-order valence-corrected chi connectivity index (χ0v) is 17.3. The maximum atomic E-state index is 12.4. The van der Waals surface area contributed by atoms with Crippen LogP contribution in [0.2, 0.25) is 5.02 Å². The van der Waals surface area contributed by atoms with E-state index in [-0.39, 0.29) is 23.8 Å². The number of benzene rings is 2. The molecular weight excluding hydrogens is 398 g/mol. The van der Waals surface area contributed by atoms with E-state index < -0.39 is 10.0 Å². The molecule has 1 saturated heterocycles. The summed E-state index contributed by atoms with van der Waals surface area (Å²) in [7, 11) is -3.59. The van der Waals surface area contributed by atoms with E-state index >= 15 is 0 Å². The van der Waals surface area contributed by atoms with Gasteiger partial charge in [0.25, 0.3) is 0 Å². The summed E-state index contributed by atoms with van der Waals surface area (Å²) in [4.78, 5) is 16.6. The molecule has 28 heavy (non-hydrogen) atoms. The number of anilines is 1. The lowest BCUT2D eigenvalue weighted by Gasteiger charge is -2.36. The van der Waals surface area contributed by atoms with Gasteiger partial charge < -0.3 is 9.80 Å². The van der Waals surface area contributed by atoms with Gasteiger partial charge in [0.1, 0.15) is 0 Å². The van der Waals surface area contributed by atoms with Crippen molar-refractivity contribution in [1.82, 2.24) is 9.62 Å². The van der Waals surface area contributed by atoms with Crippen molar-refractivity contribution < 1.29 is 13.2 Å². The van der Waals surface area contributed by atoms with Crippen molar-refractivity contribution in [1.29, 1.82) is 0 Å². The zero-order valence-electron chi connectivity index (χ0n) is 15.8. The predicted octanol–water partition coefficient (Wildman–Crippen LogP) is 2.67. The molecule has 0 atom stereocenters. The average Bonchev–Trinajstić information content (AvgIpc) is 2.68. The molecule has 2 aromatic rings. The first-order chi connectivity index (χ1) is 13.3. The van der Waals surface area contributed by atoms with E-state index in [1.807, 2.05) is 31.2 Å². The van der Waals surface area contributed by atoms with Gasteiger partial charge in [-0.2, -0.15) is 0 Å². The van der Waals surface area contributed by atoms with E-state index in [0.29, 0.717) is 18.1 Å². The fraction of sp³-hybridized carbons (Fsp3) is 0.350. The van der Waals surface area contributed by atoms with E-state index in [1.165, 1.54) is 0 Å². The molecule has 8 heteroatoms. The molecular formula is C20H24ClN3O3S. The van der Waals surface area contributed by atoms with Crippen LogP contribution in [-0.4, -0.2) is 51.9 Å². The lowest BCUT2D eigenvalue weighted by Crippen LogP contribution is -2.49. The summed E-state index contributed by atoms with van der Waals surface area (Å²) in [6.45, 7) is 4.65. The molecule has 2 aromatic carbocycles. The quantitative estimate of drug-likeness (QED) is 0.778. The summed E-state index contributed by atoms with van der Waals surface area (Å²) in [6.07, 6.45) is 0.141. The summed E-state index contributed by atoms with van der Waals surface area (Å²) >= 11 is 6.04. The molecule has 3 rings (SSSR count). The number of rotatable bonds is 6. The maximum absolute atomic E-state index is 12.4. The molecule has 0 aliphatic carbocycles. The minimum absolute atomic E-state index is 0.0441. The molecule has 1 heterocycles. The molecule has 1 amide bonds. The highest BCUT2D eigenvalue weighted by atomic mass is 35.5. The molecule has 1 fully saturated rings. The summed E-state index contributed by atoms with van der Waals surface area (Å²) in [5.74, 6) is -0.0441. The fourth-order valence-corrected chi connectivity index (χ4v) is 4.35. The first-order valence-electron chi connectivity index (χ1n) is 9.20. The highest BCUT2D eigenvalue weighted by Gasteiger charge is 2.22. The number of aryl methyl sites for hydroxylation is 1. The molecule has 0 saturated carbocycles. The highest BCUT2D eigenvalue weighted by molar-refractivity contribution is 7.89. The molecule has 1 aliphatic rings. The van der Waals surface area contributed by atoms with Gasteiger partial charge in [-0.15, -0.1) is 0 Å². The van der Waals surface area contributed by atoms with Gasteiger partial charge in [-0.1, -0.05) is 35.4 Å². The molecule has 150 valence electrons. The van der Waals surface area contributed by atoms with Gasteiger partial charge in [0.05, 0.1) is 4.90 Å². The SMILES string of the molecule is Cc1ccc(S(=O)(=O)NCCC(=O)N2CCN(c3cccc(Cl)c3)CC2)cc1. The minimum atomic E-state index is -3.59. The van der Waals surface area contributed by atoms with Gasteiger partial charge in [0.15, 0.2) is 0 Å². The molecule has 0 aromatic heterocycles. The number of piperazine rings is 1. The number of sulfonamides is 1. The standard InChI is InChI=1S/C20H24ClN3O3S/c1-16-5-7-19(8-6-16)28(26,27)22-10-9-20(25)24-13-11-23(12-14-24)18-4-2-3-17(21)15-18/h2-8,15,22H,9-14H2,1H3. The Morgan fingerprint density at radius 3 is 2.39 bits per heavy atom. The van der Waals surface area contributed by atoms with Gasteiger partial charge in [0.2, 0.25) is 15.9 Å². The van der Waals surface area contributed by atoms with E-state index in [4.69, 9.17) is 11.6 Å². The number of carbonyl (C=O) groups excluding carboxylic acids is 1. The van der Waals surface area contributed by atoms with Gasteiger partial charge in [-0.05, 0) is 37.3 Å². The Kier molecular flexibility index (Phi) is 6.59. The molecule has 0 radical (unpaired) electrons. The minimum Gasteiger partial charge on any atom is -0.368 e. The summed E-state index contributed by atoms with van der Waals surface area (Å²) in [6, 6.07) is 14.3. The second-order valence-electron chi connectivity index (χ2n) is 6.81. The second kappa shape index (κ2) is 8.94. The van der Waals surface area contributed by atoms with Crippen LogP contribution in [0.4, 0.5) is 5.69 Å². The number of nitrogens with one attached hydrogen (secondary N) is 1. The topological polar surface area (TPSA) is 69.7 Å². The monoisotopic (exact) mass is 421 g/mol.